The number of halogens is 1. The van der Waals surface area contributed by atoms with Crippen LogP contribution >= 0.6 is 11.6 Å². The zero-order valence-electron chi connectivity index (χ0n) is 13.9. The molecule has 0 fully saturated rings. The molecule has 0 unspecified atom stereocenters. The third-order valence-corrected chi connectivity index (χ3v) is 4.09. The summed E-state index contributed by atoms with van der Waals surface area (Å²) in [5, 5.41) is 12.7. The van der Waals surface area contributed by atoms with Gasteiger partial charge in [-0.1, -0.05) is 62.7 Å². The van der Waals surface area contributed by atoms with Crippen molar-refractivity contribution in [2.75, 3.05) is 0 Å². The Balaban J connectivity index is 2.12. The maximum absolute atomic E-state index is 7.74. The first kappa shape index (κ1) is 16.4. The molecule has 0 aliphatic heterocycles. The van der Waals surface area contributed by atoms with Gasteiger partial charge in [0, 0.05) is 29.0 Å². The van der Waals surface area contributed by atoms with Crippen molar-refractivity contribution in [3.05, 3.63) is 65.1 Å². The summed E-state index contributed by atoms with van der Waals surface area (Å²) >= 11 is 6.41. The summed E-state index contributed by atoms with van der Waals surface area (Å²) in [6.45, 7) is 6.32. The highest BCUT2D eigenvalue weighted by atomic mass is 35.5. The SMILES string of the molecule is CC(C)(C)c1ccn(-c2nc(Cl)c(-c3ccccc3)cc2C=N)n1. The molecular weight excluding hydrogens is 320 g/mol. The second-order valence-corrected chi connectivity index (χ2v) is 7.00. The minimum absolute atomic E-state index is 0.0517. The van der Waals surface area contributed by atoms with Crippen molar-refractivity contribution in [3.8, 4) is 16.9 Å². The smallest absolute Gasteiger partial charge is 0.163 e. The fraction of sp³-hybridized carbons (Fsp3) is 0.211. The summed E-state index contributed by atoms with van der Waals surface area (Å²) in [7, 11) is 0. The maximum Gasteiger partial charge on any atom is 0.163 e. The van der Waals surface area contributed by atoms with Gasteiger partial charge < -0.3 is 5.41 Å². The summed E-state index contributed by atoms with van der Waals surface area (Å²) in [4.78, 5) is 4.50. The Morgan fingerprint density at radius 2 is 1.83 bits per heavy atom. The number of hydrogen-bond acceptors (Lipinski definition) is 3. The second-order valence-electron chi connectivity index (χ2n) is 6.65. The number of rotatable bonds is 3. The van der Waals surface area contributed by atoms with Gasteiger partial charge in [-0.3, -0.25) is 0 Å². The van der Waals surface area contributed by atoms with Crippen LogP contribution in [0.3, 0.4) is 0 Å². The molecule has 0 aliphatic carbocycles. The number of benzene rings is 1. The molecule has 1 aromatic carbocycles. The summed E-state index contributed by atoms with van der Waals surface area (Å²) < 4.78 is 1.68. The molecule has 24 heavy (non-hydrogen) atoms. The number of nitrogens with zero attached hydrogens (tertiary/aromatic N) is 3. The van der Waals surface area contributed by atoms with Gasteiger partial charge in [0.1, 0.15) is 5.15 Å². The molecular formula is C19H19ClN4. The zero-order valence-corrected chi connectivity index (χ0v) is 14.7. The summed E-state index contributed by atoms with van der Waals surface area (Å²) in [6.07, 6.45) is 3.14. The number of aromatic nitrogens is 3. The molecule has 3 rings (SSSR count). The van der Waals surface area contributed by atoms with Gasteiger partial charge in [-0.15, -0.1) is 0 Å². The number of hydrogen-bond donors (Lipinski definition) is 1. The average molecular weight is 339 g/mol. The standard InChI is InChI=1S/C19H19ClN4/c1-19(2,3)16-9-10-24(23-16)18-14(12-21)11-15(17(20)22-18)13-7-5-4-6-8-13/h4-12,21H,1-3H3. The molecule has 0 bridgehead atoms. The van der Waals surface area contributed by atoms with E-state index >= 15 is 0 Å². The maximum atomic E-state index is 7.74. The van der Waals surface area contributed by atoms with Crippen LogP contribution in [0.15, 0.2) is 48.7 Å². The normalized spacial score (nSPS) is 11.5. The van der Waals surface area contributed by atoms with E-state index in [-0.39, 0.29) is 5.41 Å². The lowest BCUT2D eigenvalue weighted by Crippen LogP contribution is -2.13. The largest absolute Gasteiger partial charge is 0.308 e. The molecule has 0 radical (unpaired) electrons. The van der Waals surface area contributed by atoms with E-state index in [9.17, 15) is 0 Å². The van der Waals surface area contributed by atoms with Crippen LogP contribution in [0, 0.1) is 5.41 Å². The molecule has 4 nitrogen and oxygen atoms in total. The summed E-state index contributed by atoms with van der Waals surface area (Å²) in [5.74, 6) is 0.560. The Hall–Kier alpha value is -2.46. The van der Waals surface area contributed by atoms with Crippen LogP contribution in [-0.2, 0) is 5.41 Å². The highest BCUT2D eigenvalue weighted by Crippen LogP contribution is 2.29. The van der Waals surface area contributed by atoms with E-state index < -0.39 is 0 Å². The minimum Gasteiger partial charge on any atom is -0.308 e. The van der Waals surface area contributed by atoms with Crippen molar-refractivity contribution in [1.29, 1.82) is 5.41 Å². The monoisotopic (exact) mass is 338 g/mol. The van der Waals surface area contributed by atoms with Gasteiger partial charge in [-0.2, -0.15) is 5.10 Å². The lowest BCUT2D eigenvalue weighted by molar-refractivity contribution is 0.559. The van der Waals surface area contributed by atoms with E-state index in [2.05, 4.69) is 30.9 Å². The van der Waals surface area contributed by atoms with E-state index in [0.717, 1.165) is 16.8 Å². The molecule has 0 spiro atoms. The lowest BCUT2D eigenvalue weighted by Gasteiger charge is -2.15. The lowest BCUT2D eigenvalue weighted by atomic mass is 9.93. The van der Waals surface area contributed by atoms with Gasteiger partial charge in [0.25, 0.3) is 0 Å². The zero-order chi connectivity index (χ0) is 17.3. The van der Waals surface area contributed by atoms with Gasteiger partial charge in [-0.05, 0) is 17.7 Å². The quantitative estimate of drug-likeness (QED) is 0.546. The predicted molar refractivity (Wildman–Crippen MR) is 98.4 cm³/mol. The second kappa shape index (κ2) is 6.21. The van der Waals surface area contributed by atoms with Crippen molar-refractivity contribution in [2.24, 2.45) is 0 Å². The Bertz CT molecular complexity index is 876. The summed E-state index contributed by atoms with van der Waals surface area (Å²) in [6, 6.07) is 13.7. The third-order valence-electron chi connectivity index (χ3n) is 3.80. The first-order valence-corrected chi connectivity index (χ1v) is 8.11. The summed E-state index contributed by atoms with van der Waals surface area (Å²) in [5.41, 5.74) is 3.36. The molecule has 0 saturated carbocycles. The van der Waals surface area contributed by atoms with Crippen LogP contribution < -0.4 is 0 Å². The number of pyridine rings is 1. The molecule has 1 N–H and O–H groups in total. The van der Waals surface area contributed by atoms with Crippen molar-refractivity contribution in [1.82, 2.24) is 14.8 Å². The van der Waals surface area contributed by atoms with Gasteiger partial charge in [-0.25, -0.2) is 9.67 Å². The van der Waals surface area contributed by atoms with Crippen LogP contribution in [0.25, 0.3) is 16.9 Å². The topological polar surface area (TPSA) is 54.6 Å². The van der Waals surface area contributed by atoms with E-state index in [4.69, 9.17) is 17.0 Å². The molecule has 0 aliphatic rings. The van der Waals surface area contributed by atoms with E-state index in [0.29, 0.717) is 16.5 Å². The molecule has 0 saturated heterocycles. The van der Waals surface area contributed by atoms with Gasteiger partial charge in [0.2, 0.25) is 0 Å². The number of nitrogens with one attached hydrogen (secondary N) is 1. The molecule has 2 heterocycles. The highest BCUT2D eigenvalue weighted by Gasteiger charge is 2.19. The van der Waals surface area contributed by atoms with Crippen molar-refractivity contribution < 1.29 is 0 Å². The van der Waals surface area contributed by atoms with Crippen molar-refractivity contribution in [2.45, 2.75) is 26.2 Å². The van der Waals surface area contributed by atoms with Crippen molar-refractivity contribution >= 4 is 17.8 Å². The molecule has 0 atom stereocenters. The molecule has 5 heteroatoms. The van der Waals surface area contributed by atoms with E-state index in [1.54, 1.807) is 4.68 Å². The van der Waals surface area contributed by atoms with Gasteiger partial charge in [0.15, 0.2) is 5.82 Å². The van der Waals surface area contributed by atoms with E-state index in [1.807, 2.05) is 48.7 Å². The van der Waals surface area contributed by atoms with E-state index in [1.165, 1.54) is 6.21 Å². The van der Waals surface area contributed by atoms with Gasteiger partial charge in [0.05, 0.1) is 5.69 Å². The van der Waals surface area contributed by atoms with Crippen LogP contribution in [-0.4, -0.2) is 21.0 Å². The van der Waals surface area contributed by atoms with Crippen LogP contribution in [0.5, 0.6) is 0 Å². The van der Waals surface area contributed by atoms with Gasteiger partial charge >= 0.3 is 0 Å². The Labute approximate surface area is 146 Å². The van der Waals surface area contributed by atoms with Crippen LogP contribution in [0.1, 0.15) is 32.0 Å². The Morgan fingerprint density at radius 1 is 1.12 bits per heavy atom. The molecule has 2 aromatic heterocycles. The predicted octanol–water partition coefficient (Wildman–Crippen LogP) is 4.88. The molecule has 3 aromatic rings. The Kier molecular flexibility index (Phi) is 4.24. The third kappa shape index (κ3) is 3.10. The van der Waals surface area contributed by atoms with Crippen molar-refractivity contribution in [3.63, 3.8) is 0 Å². The Morgan fingerprint density at radius 3 is 2.42 bits per heavy atom. The first-order valence-electron chi connectivity index (χ1n) is 7.73. The first-order chi connectivity index (χ1) is 11.4. The fourth-order valence-electron chi connectivity index (χ4n) is 2.45. The van der Waals surface area contributed by atoms with Crippen LogP contribution in [0.2, 0.25) is 5.15 Å². The minimum atomic E-state index is -0.0517. The highest BCUT2D eigenvalue weighted by molar-refractivity contribution is 6.32. The average Bonchev–Trinajstić information content (AvgIpc) is 3.05. The molecule has 122 valence electrons. The van der Waals surface area contributed by atoms with Crippen LogP contribution in [0.4, 0.5) is 0 Å². The fourth-order valence-corrected chi connectivity index (χ4v) is 2.69. The molecule has 0 amide bonds.